The highest BCUT2D eigenvalue weighted by atomic mass is 32.2. The highest BCUT2D eigenvalue weighted by molar-refractivity contribution is 7.89. The Hall–Kier alpha value is -1.50. The van der Waals surface area contributed by atoms with E-state index < -0.39 is 10.0 Å². The monoisotopic (exact) mass is 291 g/mol. The van der Waals surface area contributed by atoms with E-state index in [1.807, 2.05) is 13.0 Å². The summed E-state index contributed by atoms with van der Waals surface area (Å²) in [4.78, 5) is 4.50. The number of rotatable bonds is 3. The fourth-order valence-corrected chi connectivity index (χ4v) is 4.32. The van der Waals surface area contributed by atoms with E-state index in [1.165, 1.54) is 4.31 Å². The predicted molar refractivity (Wildman–Crippen MR) is 77.7 cm³/mol. The molecule has 0 saturated carbocycles. The van der Waals surface area contributed by atoms with Gasteiger partial charge in [-0.2, -0.15) is 4.31 Å². The van der Waals surface area contributed by atoms with Crippen molar-refractivity contribution in [1.29, 1.82) is 0 Å². The molecule has 1 aromatic carbocycles. The molecule has 2 aromatic rings. The maximum atomic E-state index is 12.7. The third-order valence-electron chi connectivity index (χ3n) is 3.91. The largest absolute Gasteiger partial charge is 0.323 e. The van der Waals surface area contributed by atoms with E-state index in [0.717, 1.165) is 6.42 Å². The highest BCUT2D eigenvalue weighted by Crippen LogP contribution is 2.31. The fraction of sp³-hybridized carbons (Fsp3) is 0.357. The predicted octanol–water partition coefficient (Wildman–Crippen LogP) is 1.35. The Morgan fingerprint density at radius 3 is 2.75 bits per heavy atom. The molecule has 0 spiro atoms. The number of aromatic nitrogens is 1. The minimum atomic E-state index is -3.50. The summed E-state index contributed by atoms with van der Waals surface area (Å²) in [5, 5.41) is 0.654. The Kier molecular flexibility index (Phi) is 3.04. The number of hydrogen-bond acceptors (Lipinski definition) is 4. The van der Waals surface area contributed by atoms with Gasteiger partial charge in [0.25, 0.3) is 0 Å². The second kappa shape index (κ2) is 4.51. The van der Waals surface area contributed by atoms with Crippen molar-refractivity contribution in [2.75, 3.05) is 13.1 Å². The standard InChI is InChI=1S/C14H17N3O2S/c1-2-14(15)9-17(10-14)20(18,19)13-7-3-6-12-11(13)5-4-8-16-12/h3-8H,2,9-10,15H2,1H3. The van der Waals surface area contributed by atoms with Gasteiger partial charge in [-0.05, 0) is 30.7 Å². The number of hydrogen-bond donors (Lipinski definition) is 1. The molecule has 1 aliphatic heterocycles. The summed E-state index contributed by atoms with van der Waals surface area (Å²) in [6.07, 6.45) is 2.43. The van der Waals surface area contributed by atoms with Crippen molar-refractivity contribution >= 4 is 20.9 Å². The minimum Gasteiger partial charge on any atom is -0.323 e. The number of nitrogens with zero attached hydrogens (tertiary/aromatic N) is 2. The number of fused-ring (bicyclic) bond motifs is 1. The van der Waals surface area contributed by atoms with Gasteiger partial charge in [-0.15, -0.1) is 0 Å². The van der Waals surface area contributed by atoms with E-state index in [1.54, 1.807) is 30.5 Å². The van der Waals surface area contributed by atoms with E-state index in [-0.39, 0.29) is 5.54 Å². The van der Waals surface area contributed by atoms with E-state index >= 15 is 0 Å². The first kappa shape index (κ1) is 13.5. The van der Waals surface area contributed by atoms with Crippen LogP contribution >= 0.6 is 0 Å². The molecule has 0 aliphatic carbocycles. The zero-order chi connectivity index (χ0) is 14.4. The van der Waals surface area contributed by atoms with E-state index in [0.29, 0.717) is 28.9 Å². The van der Waals surface area contributed by atoms with Crippen LogP contribution in [0.1, 0.15) is 13.3 Å². The van der Waals surface area contributed by atoms with Crippen LogP contribution in [0.25, 0.3) is 10.9 Å². The van der Waals surface area contributed by atoms with Crippen LogP contribution in [0.4, 0.5) is 0 Å². The van der Waals surface area contributed by atoms with E-state index in [2.05, 4.69) is 4.98 Å². The quantitative estimate of drug-likeness (QED) is 0.926. The van der Waals surface area contributed by atoms with Gasteiger partial charge in [0.05, 0.1) is 10.4 Å². The van der Waals surface area contributed by atoms with Gasteiger partial charge in [0.2, 0.25) is 10.0 Å². The van der Waals surface area contributed by atoms with Crippen LogP contribution in [0.3, 0.4) is 0 Å². The Bertz CT molecular complexity index is 747. The van der Waals surface area contributed by atoms with Crippen LogP contribution in [-0.2, 0) is 10.0 Å². The molecule has 1 fully saturated rings. The molecule has 20 heavy (non-hydrogen) atoms. The number of pyridine rings is 1. The molecule has 1 aliphatic rings. The summed E-state index contributed by atoms with van der Waals surface area (Å²) in [6.45, 7) is 2.73. The second-order valence-electron chi connectivity index (χ2n) is 5.32. The van der Waals surface area contributed by atoms with Crippen molar-refractivity contribution in [3.8, 4) is 0 Å². The molecular formula is C14H17N3O2S. The summed E-state index contributed by atoms with van der Waals surface area (Å²) in [6, 6.07) is 8.68. The molecule has 6 heteroatoms. The van der Waals surface area contributed by atoms with Gasteiger partial charge in [-0.25, -0.2) is 8.42 Å². The first-order chi connectivity index (χ1) is 9.46. The molecule has 0 unspecified atom stereocenters. The Labute approximate surface area is 118 Å². The van der Waals surface area contributed by atoms with Gasteiger partial charge in [0, 0.05) is 30.2 Å². The molecule has 5 nitrogen and oxygen atoms in total. The van der Waals surface area contributed by atoms with Gasteiger partial charge < -0.3 is 5.73 Å². The maximum absolute atomic E-state index is 12.7. The van der Waals surface area contributed by atoms with E-state index in [9.17, 15) is 8.42 Å². The Balaban J connectivity index is 2.03. The van der Waals surface area contributed by atoms with Crippen molar-refractivity contribution in [2.24, 2.45) is 5.73 Å². The smallest absolute Gasteiger partial charge is 0.243 e. The fourth-order valence-electron chi connectivity index (χ4n) is 2.49. The van der Waals surface area contributed by atoms with Crippen LogP contribution in [0, 0.1) is 0 Å². The first-order valence-corrected chi connectivity index (χ1v) is 8.03. The first-order valence-electron chi connectivity index (χ1n) is 6.59. The highest BCUT2D eigenvalue weighted by Gasteiger charge is 2.44. The van der Waals surface area contributed by atoms with Crippen LogP contribution < -0.4 is 5.73 Å². The van der Waals surface area contributed by atoms with Crippen molar-refractivity contribution < 1.29 is 8.42 Å². The topological polar surface area (TPSA) is 76.3 Å². The van der Waals surface area contributed by atoms with E-state index in [4.69, 9.17) is 5.73 Å². The molecule has 106 valence electrons. The lowest BCUT2D eigenvalue weighted by Crippen LogP contribution is -2.68. The number of nitrogens with two attached hydrogens (primary N) is 1. The van der Waals surface area contributed by atoms with Gasteiger partial charge >= 0.3 is 0 Å². The minimum absolute atomic E-state index is 0.307. The van der Waals surface area contributed by atoms with Crippen LogP contribution in [0.15, 0.2) is 41.4 Å². The summed E-state index contributed by atoms with van der Waals surface area (Å²) < 4.78 is 26.8. The maximum Gasteiger partial charge on any atom is 0.243 e. The second-order valence-corrected chi connectivity index (χ2v) is 7.22. The van der Waals surface area contributed by atoms with Gasteiger partial charge in [0.15, 0.2) is 0 Å². The summed E-state index contributed by atoms with van der Waals surface area (Å²) >= 11 is 0. The summed E-state index contributed by atoms with van der Waals surface area (Å²) in [7, 11) is -3.50. The molecule has 1 saturated heterocycles. The molecule has 1 aromatic heterocycles. The third-order valence-corrected chi connectivity index (χ3v) is 5.76. The molecule has 0 radical (unpaired) electrons. The van der Waals surface area contributed by atoms with Crippen LogP contribution in [0.2, 0.25) is 0 Å². The summed E-state index contributed by atoms with van der Waals surface area (Å²) in [5.74, 6) is 0. The zero-order valence-corrected chi connectivity index (χ0v) is 12.1. The van der Waals surface area contributed by atoms with Gasteiger partial charge in [0.1, 0.15) is 0 Å². The lowest BCUT2D eigenvalue weighted by atomic mass is 9.91. The number of sulfonamides is 1. The van der Waals surface area contributed by atoms with Crippen LogP contribution in [0.5, 0.6) is 0 Å². The summed E-state index contributed by atoms with van der Waals surface area (Å²) in [5.41, 5.74) is 6.37. The Morgan fingerprint density at radius 2 is 2.05 bits per heavy atom. The van der Waals surface area contributed by atoms with Crippen molar-refractivity contribution in [1.82, 2.24) is 9.29 Å². The zero-order valence-electron chi connectivity index (χ0n) is 11.3. The van der Waals surface area contributed by atoms with Gasteiger partial charge in [-0.3, -0.25) is 4.98 Å². The normalized spacial score (nSPS) is 18.9. The molecule has 3 rings (SSSR count). The molecule has 0 bridgehead atoms. The van der Waals surface area contributed by atoms with Crippen molar-refractivity contribution in [3.05, 3.63) is 36.5 Å². The molecule has 2 heterocycles. The lowest BCUT2D eigenvalue weighted by molar-refractivity contribution is 0.153. The Morgan fingerprint density at radius 1 is 1.30 bits per heavy atom. The van der Waals surface area contributed by atoms with Crippen molar-refractivity contribution in [3.63, 3.8) is 0 Å². The SMILES string of the molecule is CCC1(N)CN(S(=O)(=O)c2cccc3ncccc23)C1. The average Bonchev–Trinajstić information content (AvgIpc) is 2.43. The van der Waals surface area contributed by atoms with Gasteiger partial charge in [-0.1, -0.05) is 13.0 Å². The molecular weight excluding hydrogens is 274 g/mol. The van der Waals surface area contributed by atoms with Crippen LogP contribution in [-0.4, -0.2) is 36.3 Å². The number of benzene rings is 1. The molecule has 2 N–H and O–H groups in total. The molecule has 0 atom stereocenters. The molecule has 0 amide bonds. The average molecular weight is 291 g/mol. The van der Waals surface area contributed by atoms with Crippen molar-refractivity contribution in [2.45, 2.75) is 23.8 Å². The third kappa shape index (κ3) is 2.00. The lowest BCUT2D eigenvalue weighted by Gasteiger charge is -2.46.